The maximum Gasteiger partial charge on any atom is 0.186 e. The predicted octanol–water partition coefficient (Wildman–Crippen LogP) is 3.76. The number of carbonyl (C=O) groups is 1. The summed E-state index contributed by atoms with van der Waals surface area (Å²) in [4.78, 5) is 16.0. The summed E-state index contributed by atoms with van der Waals surface area (Å²) >= 11 is 0. The largest absolute Gasteiger partial charge is 0.393 e. The minimum atomic E-state index is -1.82. The third-order valence-electron chi connectivity index (χ3n) is 19.8. The topological polar surface area (TPSA) is 218 Å². The monoisotopic (exact) mass is 886 g/mol. The number of aliphatic hydroxyl groups excluding tert-OH is 4. The van der Waals surface area contributed by atoms with Gasteiger partial charge in [0.25, 0.3) is 0 Å². The van der Waals surface area contributed by atoms with Crippen molar-refractivity contribution in [3.8, 4) is 11.8 Å². The van der Waals surface area contributed by atoms with Crippen LogP contribution < -0.4 is 16.4 Å². The Hall–Kier alpha value is -2.57. The molecule has 2 aliphatic heterocycles. The number of fused-ring (bicyclic) bond motifs is 6. The number of hydrogen-bond acceptors (Lipinski definition) is 12. The molecule has 11 rings (SSSR count). The Kier molecular flexibility index (Phi) is 11.3. The molecule has 6 bridgehead atoms. The van der Waals surface area contributed by atoms with Crippen molar-refractivity contribution in [1.82, 2.24) is 10.6 Å². The van der Waals surface area contributed by atoms with E-state index < -0.39 is 75.4 Å². The van der Waals surface area contributed by atoms with Crippen LogP contribution in [0.1, 0.15) is 130 Å². The molecule has 20 unspecified atom stereocenters. The number of hydrogen-bond donors (Lipinski definition) is 10. The first-order valence-corrected chi connectivity index (χ1v) is 25.1. The third-order valence-corrected chi connectivity index (χ3v) is 19.8. The highest BCUT2D eigenvalue weighted by Gasteiger charge is 2.79. The van der Waals surface area contributed by atoms with E-state index >= 15 is 4.79 Å². The molecule has 2 heterocycles. The lowest BCUT2D eigenvalue weighted by molar-refractivity contribution is -0.258. The van der Waals surface area contributed by atoms with Crippen LogP contribution in [-0.4, -0.2) is 108 Å². The Balaban J connectivity index is 1.14. The Morgan fingerprint density at radius 1 is 0.953 bits per heavy atom. The lowest BCUT2D eigenvalue weighted by Crippen LogP contribution is -2.72. The van der Waals surface area contributed by atoms with Crippen molar-refractivity contribution in [2.45, 2.75) is 190 Å². The van der Waals surface area contributed by atoms with Crippen molar-refractivity contribution in [2.75, 3.05) is 6.54 Å². The molecule has 1 saturated heterocycles. The quantitative estimate of drug-likeness (QED) is 0.125. The highest BCUT2D eigenvalue weighted by molar-refractivity contribution is 6.03. The second kappa shape index (κ2) is 16.0. The first-order chi connectivity index (χ1) is 30.5. The standard InChI is InChI=1S/C52H75N3O9/c1-4-8-30-10-15-34-38(16-11-30)64-46-41(34)35(57)9-7-21-52(46,63)47(3,61)39-18-22-51(62)43-42-32-13-12-31(33-14-17-40(53)54-28-33)23-50(42)26-37(59)36(58)25-49(50,20-6-5-19-48(39,51)24-32)45(60)44(43)55-27-29(2)56/h12-14,17,28-32,34-42,46,54-59,61-63H,4,7-11,15-16,18-27,53H2,1-3H3. The maximum atomic E-state index is 16.0. The zero-order valence-electron chi connectivity index (χ0n) is 38.2. The molecular weight excluding hydrogens is 811 g/mol. The number of ether oxygens (including phenoxy) is 1. The SMILES string of the molecule is CCCC1CCC2OC3C(C(O)CCCC3(O)C(C)(O)C3CCC4(O)C5=C(NCC(C)O)C(=O)C67CC#CCC34CC3C=CC(C4=CNC(N)C=C4)CC6(CC(O)C(O)C7)C53)C2CC1. The highest BCUT2D eigenvalue weighted by atomic mass is 16.5. The molecule has 0 amide bonds. The molecule has 11 N–H and O–H groups in total. The molecule has 0 aromatic carbocycles. The van der Waals surface area contributed by atoms with E-state index in [-0.39, 0.29) is 92.5 Å². The Morgan fingerprint density at radius 3 is 2.47 bits per heavy atom. The van der Waals surface area contributed by atoms with Gasteiger partial charge in [0.2, 0.25) is 0 Å². The second-order valence-corrected chi connectivity index (χ2v) is 22.9. The summed E-state index contributed by atoms with van der Waals surface area (Å²) in [5.74, 6) is 5.39. The summed E-state index contributed by atoms with van der Waals surface area (Å²) in [5, 5.41) is 94.2. The van der Waals surface area contributed by atoms with Crippen LogP contribution in [0.3, 0.4) is 0 Å². The Morgan fingerprint density at radius 2 is 1.72 bits per heavy atom. The molecule has 3 spiro atoms. The van der Waals surface area contributed by atoms with Crippen LogP contribution in [0, 0.1) is 69.5 Å². The lowest BCUT2D eigenvalue weighted by atomic mass is 9.36. The number of nitrogens with two attached hydrogens (primary N) is 1. The van der Waals surface area contributed by atoms with Crippen LogP contribution in [0.2, 0.25) is 0 Å². The maximum absolute atomic E-state index is 16.0. The number of aliphatic hydroxyl groups is 7. The van der Waals surface area contributed by atoms with E-state index in [1.165, 1.54) is 6.42 Å². The van der Waals surface area contributed by atoms with E-state index in [9.17, 15) is 35.7 Å². The van der Waals surface area contributed by atoms with Crippen LogP contribution in [-0.2, 0) is 9.53 Å². The van der Waals surface area contributed by atoms with Gasteiger partial charge in [-0.25, -0.2) is 0 Å². The van der Waals surface area contributed by atoms with Gasteiger partial charge in [0.15, 0.2) is 5.78 Å². The van der Waals surface area contributed by atoms with Crippen molar-refractivity contribution >= 4 is 5.78 Å². The third kappa shape index (κ3) is 6.30. The fourth-order valence-electron chi connectivity index (χ4n) is 16.9. The molecule has 5 saturated carbocycles. The van der Waals surface area contributed by atoms with Crippen molar-refractivity contribution in [3.63, 3.8) is 0 Å². The number of rotatable bonds is 8. The minimum Gasteiger partial charge on any atom is -0.393 e. The minimum absolute atomic E-state index is 0.00631. The first kappa shape index (κ1) is 45.2. The van der Waals surface area contributed by atoms with Crippen molar-refractivity contribution < 1.29 is 45.3 Å². The van der Waals surface area contributed by atoms with Gasteiger partial charge in [-0.1, -0.05) is 44.4 Å². The van der Waals surface area contributed by atoms with Gasteiger partial charge in [0.1, 0.15) is 5.60 Å². The fourth-order valence-corrected chi connectivity index (χ4v) is 16.9. The molecule has 9 aliphatic carbocycles. The summed E-state index contributed by atoms with van der Waals surface area (Å²) < 4.78 is 7.05. The van der Waals surface area contributed by atoms with Crippen LogP contribution in [0.4, 0.5) is 0 Å². The van der Waals surface area contributed by atoms with Crippen LogP contribution in [0.15, 0.2) is 47.3 Å². The summed E-state index contributed by atoms with van der Waals surface area (Å²) in [6.07, 6.45) is 14.6. The van der Waals surface area contributed by atoms with Crippen LogP contribution in [0.25, 0.3) is 0 Å². The Bertz CT molecular complexity index is 2060. The van der Waals surface area contributed by atoms with Gasteiger partial charge in [0, 0.05) is 48.8 Å². The number of nitrogens with one attached hydrogen (secondary N) is 2. The van der Waals surface area contributed by atoms with Crippen molar-refractivity contribution in [1.29, 1.82) is 0 Å². The van der Waals surface area contributed by atoms with Gasteiger partial charge >= 0.3 is 0 Å². The molecule has 352 valence electrons. The fraction of sp³-hybridized carbons (Fsp3) is 0.788. The van der Waals surface area contributed by atoms with Gasteiger partial charge in [0.05, 0.1) is 65.1 Å². The predicted molar refractivity (Wildman–Crippen MR) is 240 cm³/mol. The van der Waals surface area contributed by atoms with E-state index in [2.05, 4.69) is 41.6 Å². The Labute approximate surface area is 379 Å². The van der Waals surface area contributed by atoms with Gasteiger partial charge in [-0.05, 0) is 137 Å². The summed E-state index contributed by atoms with van der Waals surface area (Å²) in [5.41, 5.74) is -0.596. The number of allylic oxidation sites excluding steroid dienone is 5. The van der Waals surface area contributed by atoms with E-state index in [1.54, 1.807) is 13.8 Å². The van der Waals surface area contributed by atoms with E-state index in [0.717, 1.165) is 37.7 Å². The zero-order chi connectivity index (χ0) is 45.2. The molecule has 0 aromatic rings. The van der Waals surface area contributed by atoms with Crippen molar-refractivity contribution in [2.24, 2.45) is 63.4 Å². The van der Waals surface area contributed by atoms with Gasteiger partial charge in [-0.15, -0.1) is 11.8 Å². The molecular formula is C52H75N3O9. The van der Waals surface area contributed by atoms with Gasteiger partial charge in [-0.2, -0.15) is 0 Å². The molecule has 12 nitrogen and oxygen atoms in total. The molecule has 0 radical (unpaired) electrons. The molecule has 11 aliphatic rings. The number of carbonyl (C=O) groups excluding carboxylic acids is 1. The molecule has 64 heavy (non-hydrogen) atoms. The van der Waals surface area contributed by atoms with E-state index in [1.807, 2.05) is 18.4 Å². The number of dihydropyridines is 1. The lowest BCUT2D eigenvalue weighted by Gasteiger charge is -2.68. The number of Topliss-reactive ketones (excluding diaryl/α,β-unsaturated/α-hetero) is 1. The smallest absolute Gasteiger partial charge is 0.186 e. The molecule has 0 aromatic heterocycles. The zero-order valence-corrected chi connectivity index (χ0v) is 38.2. The summed E-state index contributed by atoms with van der Waals surface area (Å²) in [6.45, 7) is 5.68. The molecule has 20 atom stereocenters. The van der Waals surface area contributed by atoms with E-state index in [0.29, 0.717) is 43.6 Å². The molecule has 6 fully saturated rings. The molecule has 12 heteroatoms. The van der Waals surface area contributed by atoms with E-state index in [4.69, 9.17) is 10.5 Å². The summed E-state index contributed by atoms with van der Waals surface area (Å²) in [7, 11) is 0. The average Bonchev–Trinajstić information content (AvgIpc) is 3.58. The normalized spacial score (nSPS) is 50.5. The van der Waals surface area contributed by atoms with Gasteiger partial charge in [-0.3, -0.25) is 4.79 Å². The highest BCUT2D eigenvalue weighted by Crippen LogP contribution is 2.77. The second-order valence-electron chi connectivity index (χ2n) is 22.9. The van der Waals surface area contributed by atoms with Crippen molar-refractivity contribution in [3.05, 3.63) is 47.3 Å². The van der Waals surface area contributed by atoms with Crippen LogP contribution >= 0.6 is 0 Å². The number of ketones is 1. The van der Waals surface area contributed by atoms with Crippen LogP contribution in [0.5, 0.6) is 0 Å². The average molecular weight is 886 g/mol. The van der Waals surface area contributed by atoms with Gasteiger partial charge < -0.3 is 56.8 Å². The summed E-state index contributed by atoms with van der Waals surface area (Å²) in [6, 6.07) is 0. The first-order valence-electron chi connectivity index (χ1n) is 25.1.